The van der Waals surface area contributed by atoms with Crippen LogP contribution in [0.15, 0.2) is 54.5 Å². The molecule has 0 bridgehead atoms. The highest BCUT2D eigenvalue weighted by molar-refractivity contribution is 6.30. The van der Waals surface area contributed by atoms with E-state index in [1.54, 1.807) is 36.7 Å². The van der Waals surface area contributed by atoms with Crippen molar-refractivity contribution >= 4 is 23.2 Å². The van der Waals surface area contributed by atoms with Crippen LogP contribution in [0.4, 0.5) is 5.69 Å². The van der Waals surface area contributed by atoms with Crippen LogP contribution in [0.25, 0.3) is 0 Å². The fourth-order valence-corrected chi connectivity index (χ4v) is 2.09. The molecule has 116 valence electrons. The van der Waals surface area contributed by atoms with Crippen molar-refractivity contribution in [3.05, 3.63) is 70.6 Å². The summed E-state index contributed by atoms with van der Waals surface area (Å²) in [5.41, 5.74) is 2.55. The maximum atomic E-state index is 12.0. The molecule has 0 unspecified atom stereocenters. The molecule has 2 N–H and O–H groups in total. The zero-order valence-corrected chi connectivity index (χ0v) is 13.3. The average molecular weight is 327 g/mol. The molecule has 0 saturated heterocycles. The van der Waals surface area contributed by atoms with Crippen molar-refractivity contribution in [1.29, 1.82) is 5.26 Å². The molecule has 1 heterocycles. The first-order valence-corrected chi connectivity index (χ1v) is 7.28. The Morgan fingerprint density at radius 2 is 2.26 bits per heavy atom. The maximum Gasteiger partial charge on any atom is 0.263 e. The lowest BCUT2D eigenvalue weighted by Gasteiger charge is -2.07. The van der Waals surface area contributed by atoms with Gasteiger partial charge >= 0.3 is 0 Å². The minimum absolute atomic E-state index is 0.0109. The molecule has 0 aliphatic heterocycles. The highest BCUT2D eigenvalue weighted by Crippen LogP contribution is 2.19. The third-order valence-corrected chi connectivity index (χ3v) is 3.34. The number of nitrogens with one attached hydrogen (secondary N) is 2. The zero-order chi connectivity index (χ0) is 16.7. The minimum atomic E-state index is -0.449. The summed E-state index contributed by atoms with van der Waals surface area (Å²) in [5.74, 6) is -0.449. The zero-order valence-electron chi connectivity index (χ0n) is 12.5. The summed E-state index contributed by atoms with van der Waals surface area (Å²) in [6.07, 6.45) is 4.70. The smallest absolute Gasteiger partial charge is 0.263 e. The van der Waals surface area contributed by atoms with Crippen LogP contribution in [-0.4, -0.2) is 10.9 Å². The lowest BCUT2D eigenvalue weighted by molar-refractivity contribution is -0.117. The van der Waals surface area contributed by atoms with E-state index in [1.165, 1.54) is 6.20 Å². The van der Waals surface area contributed by atoms with Gasteiger partial charge in [0.2, 0.25) is 0 Å². The fourth-order valence-electron chi connectivity index (χ4n) is 1.87. The van der Waals surface area contributed by atoms with Gasteiger partial charge in [-0.2, -0.15) is 5.26 Å². The lowest BCUT2D eigenvalue weighted by atomic mass is 10.2. The molecule has 1 amide bonds. The number of halogens is 1. The number of nitriles is 1. The number of hydrogen-bond donors (Lipinski definition) is 2. The molecule has 23 heavy (non-hydrogen) atoms. The summed E-state index contributed by atoms with van der Waals surface area (Å²) in [7, 11) is 0. The van der Waals surface area contributed by atoms with Crippen molar-refractivity contribution in [2.75, 3.05) is 5.32 Å². The van der Waals surface area contributed by atoms with E-state index in [4.69, 9.17) is 16.9 Å². The quantitative estimate of drug-likeness (QED) is 0.653. The third-order valence-electron chi connectivity index (χ3n) is 3.10. The van der Waals surface area contributed by atoms with Gasteiger partial charge in [-0.1, -0.05) is 17.7 Å². The maximum absolute atomic E-state index is 12.0. The number of pyridine rings is 1. The Kier molecular flexibility index (Phi) is 5.73. The summed E-state index contributed by atoms with van der Waals surface area (Å²) in [5, 5.41) is 15.4. The molecular formula is C17H15ClN4O. The third kappa shape index (κ3) is 4.83. The Balaban J connectivity index is 2.00. The van der Waals surface area contributed by atoms with Gasteiger partial charge in [0.1, 0.15) is 11.6 Å². The van der Waals surface area contributed by atoms with E-state index in [-0.39, 0.29) is 5.57 Å². The molecule has 1 aromatic carbocycles. The van der Waals surface area contributed by atoms with Crippen LogP contribution >= 0.6 is 11.6 Å². The second kappa shape index (κ2) is 7.97. The predicted octanol–water partition coefficient (Wildman–Crippen LogP) is 3.18. The number of aryl methyl sites for hydroxylation is 1. The van der Waals surface area contributed by atoms with Crippen LogP contribution in [-0.2, 0) is 11.3 Å². The molecule has 6 heteroatoms. The summed E-state index contributed by atoms with van der Waals surface area (Å²) in [4.78, 5) is 16.0. The van der Waals surface area contributed by atoms with Gasteiger partial charge in [-0.15, -0.1) is 0 Å². The van der Waals surface area contributed by atoms with Gasteiger partial charge in [-0.05, 0) is 42.3 Å². The van der Waals surface area contributed by atoms with Crippen molar-refractivity contribution in [2.24, 2.45) is 0 Å². The standard InChI is InChI=1S/C17H15ClN4O/c1-12-7-15(18)4-5-16(12)21-11-14(8-19)17(23)22-10-13-3-2-6-20-9-13/h2-7,9,11,21H,10H2,1H3,(H,22,23)/b14-11-. The van der Waals surface area contributed by atoms with Crippen LogP contribution in [0.3, 0.4) is 0 Å². The number of aromatic nitrogens is 1. The molecule has 0 saturated carbocycles. The van der Waals surface area contributed by atoms with Gasteiger partial charge < -0.3 is 10.6 Å². The van der Waals surface area contributed by atoms with Crippen LogP contribution in [0, 0.1) is 18.3 Å². The van der Waals surface area contributed by atoms with E-state index in [1.807, 2.05) is 19.1 Å². The minimum Gasteiger partial charge on any atom is -0.360 e. The van der Waals surface area contributed by atoms with E-state index in [0.29, 0.717) is 11.6 Å². The van der Waals surface area contributed by atoms with Crippen LogP contribution in [0.2, 0.25) is 5.02 Å². The summed E-state index contributed by atoms with van der Waals surface area (Å²) < 4.78 is 0. The Morgan fingerprint density at radius 1 is 1.43 bits per heavy atom. The van der Waals surface area contributed by atoms with Crippen molar-refractivity contribution in [3.8, 4) is 6.07 Å². The van der Waals surface area contributed by atoms with Gasteiger partial charge in [0.25, 0.3) is 5.91 Å². The molecule has 1 aromatic heterocycles. The Hall–Kier alpha value is -2.84. The van der Waals surface area contributed by atoms with E-state index < -0.39 is 5.91 Å². The molecular weight excluding hydrogens is 312 g/mol. The number of rotatable bonds is 5. The number of carbonyl (C=O) groups is 1. The molecule has 0 aliphatic carbocycles. The van der Waals surface area contributed by atoms with E-state index in [2.05, 4.69) is 15.6 Å². The normalized spacial score (nSPS) is 10.7. The Morgan fingerprint density at radius 3 is 2.91 bits per heavy atom. The molecule has 0 aliphatic rings. The predicted molar refractivity (Wildman–Crippen MR) is 89.6 cm³/mol. The lowest BCUT2D eigenvalue weighted by Crippen LogP contribution is -2.24. The monoisotopic (exact) mass is 326 g/mol. The summed E-state index contributed by atoms with van der Waals surface area (Å²) in [6, 6.07) is 10.8. The van der Waals surface area contributed by atoms with Crippen LogP contribution in [0.1, 0.15) is 11.1 Å². The van der Waals surface area contributed by atoms with Gasteiger partial charge in [-0.25, -0.2) is 0 Å². The SMILES string of the molecule is Cc1cc(Cl)ccc1N/C=C(/C#N)C(=O)NCc1cccnc1. The van der Waals surface area contributed by atoms with Crippen LogP contribution < -0.4 is 10.6 Å². The summed E-state index contributed by atoms with van der Waals surface area (Å²) >= 11 is 5.89. The number of hydrogen-bond acceptors (Lipinski definition) is 4. The van der Waals surface area contributed by atoms with E-state index >= 15 is 0 Å². The number of nitrogens with zero attached hydrogens (tertiary/aromatic N) is 2. The van der Waals surface area contributed by atoms with Gasteiger partial charge in [0.05, 0.1) is 0 Å². The number of carbonyl (C=O) groups excluding carboxylic acids is 1. The fraction of sp³-hybridized carbons (Fsp3) is 0.118. The number of amides is 1. The van der Waals surface area contributed by atoms with Gasteiger partial charge in [0.15, 0.2) is 0 Å². The second-order valence-electron chi connectivity index (χ2n) is 4.82. The first-order valence-electron chi connectivity index (χ1n) is 6.90. The first kappa shape index (κ1) is 16.5. The molecule has 2 rings (SSSR count). The van der Waals surface area contributed by atoms with E-state index in [9.17, 15) is 4.79 Å². The molecule has 0 spiro atoms. The Labute approximate surface area is 139 Å². The summed E-state index contributed by atoms with van der Waals surface area (Å²) in [6.45, 7) is 2.20. The van der Waals surface area contributed by atoms with Crippen molar-refractivity contribution in [2.45, 2.75) is 13.5 Å². The van der Waals surface area contributed by atoms with Crippen molar-refractivity contribution < 1.29 is 4.79 Å². The van der Waals surface area contributed by atoms with E-state index in [0.717, 1.165) is 16.8 Å². The topological polar surface area (TPSA) is 77.8 Å². The van der Waals surface area contributed by atoms with Crippen molar-refractivity contribution in [3.63, 3.8) is 0 Å². The molecule has 0 atom stereocenters. The number of benzene rings is 1. The molecule has 0 radical (unpaired) electrons. The van der Waals surface area contributed by atoms with Gasteiger partial charge in [0, 0.05) is 35.8 Å². The highest BCUT2D eigenvalue weighted by Gasteiger charge is 2.08. The molecule has 2 aromatic rings. The Bertz CT molecular complexity index is 766. The highest BCUT2D eigenvalue weighted by atomic mass is 35.5. The first-order chi connectivity index (χ1) is 11.1. The van der Waals surface area contributed by atoms with Crippen LogP contribution in [0.5, 0.6) is 0 Å². The molecule has 5 nitrogen and oxygen atoms in total. The second-order valence-corrected chi connectivity index (χ2v) is 5.25. The van der Waals surface area contributed by atoms with Gasteiger partial charge in [-0.3, -0.25) is 9.78 Å². The average Bonchev–Trinajstić information content (AvgIpc) is 2.56. The number of anilines is 1. The molecule has 0 fully saturated rings. The largest absolute Gasteiger partial charge is 0.360 e. The van der Waals surface area contributed by atoms with Crippen molar-refractivity contribution in [1.82, 2.24) is 10.3 Å².